The minimum absolute atomic E-state index is 0.358. The van der Waals surface area contributed by atoms with Crippen molar-refractivity contribution >= 4 is 5.97 Å². The number of rotatable bonds is 12. The molecule has 0 saturated heterocycles. The van der Waals surface area contributed by atoms with Gasteiger partial charge in [0.2, 0.25) is 0 Å². The molecule has 1 atom stereocenters. The van der Waals surface area contributed by atoms with E-state index in [1.807, 2.05) is 0 Å². The summed E-state index contributed by atoms with van der Waals surface area (Å²) in [6.45, 7) is 7.20. The first-order valence-corrected chi connectivity index (χ1v) is 7.54. The smallest absolute Gasteiger partial charge is 0.320 e. The van der Waals surface area contributed by atoms with Crippen LogP contribution in [0.4, 0.5) is 0 Å². The summed E-state index contributed by atoms with van der Waals surface area (Å²) in [5.41, 5.74) is 0. The zero-order chi connectivity index (χ0) is 13.8. The molecule has 0 amide bonds. The van der Waals surface area contributed by atoms with Gasteiger partial charge in [-0.2, -0.15) is 0 Å². The molecule has 0 heterocycles. The predicted molar refractivity (Wildman–Crippen MR) is 76.9 cm³/mol. The lowest BCUT2D eigenvalue weighted by atomic mass is 10.0. The summed E-state index contributed by atoms with van der Waals surface area (Å²) in [4.78, 5) is 11.1. The fraction of sp³-hybridized carbons (Fsp3) is 0.933. The Morgan fingerprint density at radius 1 is 1.06 bits per heavy atom. The monoisotopic (exact) mass is 257 g/mol. The molecular formula is C15H31NO2. The Balaban J connectivity index is 3.55. The summed E-state index contributed by atoms with van der Waals surface area (Å²) < 4.78 is 0. The minimum atomic E-state index is -0.707. The quantitative estimate of drug-likeness (QED) is 0.522. The molecule has 0 bridgehead atoms. The second-order valence-corrected chi connectivity index (χ2v) is 5.60. The van der Waals surface area contributed by atoms with Crippen LogP contribution in [0, 0.1) is 5.92 Å². The molecule has 0 aliphatic carbocycles. The molecule has 0 saturated carbocycles. The summed E-state index contributed by atoms with van der Waals surface area (Å²) in [5, 5.41) is 12.2. The maximum Gasteiger partial charge on any atom is 0.320 e. The number of aliphatic carboxylic acids is 1. The van der Waals surface area contributed by atoms with Gasteiger partial charge in [0.1, 0.15) is 6.04 Å². The van der Waals surface area contributed by atoms with Gasteiger partial charge in [-0.15, -0.1) is 0 Å². The van der Waals surface area contributed by atoms with Gasteiger partial charge in [-0.3, -0.25) is 4.79 Å². The van der Waals surface area contributed by atoms with Crippen LogP contribution in [-0.4, -0.2) is 23.7 Å². The SMILES string of the molecule is CCCCCCCCCC(NCC(C)C)C(=O)O. The van der Waals surface area contributed by atoms with Gasteiger partial charge in [-0.05, 0) is 18.9 Å². The highest BCUT2D eigenvalue weighted by Crippen LogP contribution is 2.10. The van der Waals surface area contributed by atoms with Crippen molar-refractivity contribution in [1.29, 1.82) is 0 Å². The molecule has 0 aliphatic rings. The van der Waals surface area contributed by atoms with Gasteiger partial charge in [0.25, 0.3) is 0 Å². The fourth-order valence-corrected chi connectivity index (χ4v) is 2.00. The van der Waals surface area contributed by atoms with E-state index in [-0.39, 0.29) is 6.04 Å². The van der Waals surface area contributed by atoms with Crippen molar-refractivity contribution in [2.24, 2.45) is 5.92 Å². The second-order valence-electron chi connectivity index (χ2n) is 5.60. The van der Waals surface area contributed by atoms with E-state index in [0.29, 0.717) is 5.92 Å². The number of carboxylic acid groups (broad SMARTS) is 1. The maximum absolute atomic E-state index is 11.1. The average Bonchev–Trinajstić information content (AvgIpc) is 2.31. The molecule has 0 aromatic carbocycles. The van der Waals surface area contributed by atoms with Crippen molar-refractivity contribution in [3.63, 3.8) is 0 Å². The van der Waals surface area contributed by atoms with Gasteiger partial charge in [0.15, 0.2) is 0 Å². The van der Waals surface area contributed by atoms with Crippen LogP contribution in [0.15, 0.2) is 0 Å². The van der Waals surface area contributed by atoms with Crippen LogP contribution >= 0.6 is 0 Å². The number of hydrogen-bond acceptors (Lipinski definition) is 2. The van der Waals surface area contributed by atoms with Crippen molar-refractivity contribution in [2.75, 3.05) is 6.54 Å². The molecule has 0 aromatic rings. The van der Waals surface area contributed by atoms with Crippen molar-refractivity contribution in [3.8, 4) is 0 Å². The third kappa shape index (κ3) is 10.6. The highest BCUT2D eigenvalue weighted by Gasteiger charge is 2.15. The molecule has 3 heteroatoms. The molecule has 1 unspecified atom stereocenters. The number of carbonyl (C=O) groups is 1. The summed E-state index contributed by atoms with van der Waals surface area (Å²) in [6.07, 6.45) is 9.42. The van der Waals surface area contributed by atoms with Gasteiger partial charge in [0, 0.05) is 0 Å². The Hall–Kier alpha value is -0.570. The number of hydrogen-bond donors (Lipinski definition) is 2. The summed E-state index contributed by atoms with van der Waals surface area (Å²) in [5.74, 6) is -0.206. The largest absolute Gasteiger partial charge is 0.480 e. The molecule has 2 N–H and O–H groups in total. The van der Waals surface area contributed by atoms with E-state index in [9.17, 15) is 4.79 Å². The topological polar surface area (TPSA) is 49.3 Å². The van der Waals surface area contributed by atoms with Gasteiger partial charge in [0.05, 0.1) is 0 Å². The van der Waals surface area contributed by atoms with Crippen molar-refractivity contribution in [2.45, 2.75) is 78.2 Å². The van der Waals surface area contributed by atoms with Crippen LogP contribution in [0.5, 0.6) is 0 Å². The predicted octanol–water partition coefficient (Wildman–Crippen LogP) is 3.83. The van der Waals surface area contributed by atoms with Crippen molar-refractivity contribution in [1.82, 2.24) is 5.32 Å². The second kappa shape index (κ2) is 11.5. The standard InChI is InChI=1S/C15H31NO2/c1-4-5-6-7-8-9-10-11-14(15(17)18)16-12-13(2)3/h13-14,16H,4-12H2,1-3H3,(H,17,18). The molecular weight excluding hydrogens is 226 g/mol. The molecule has 0 aliphatic heterocycles. The van der Waals surface area contributed by atoms with Crippen molar-refractivity contribution < 1.29 is 9.90 Å². The third-order valence-electron chi connectivity index (χ3n) is 3.17. The van der Waals surface area contributed by atoms with E-state index in [1.54, 1.807) is 0 Å². The van der Waals surface area contributed by atoms with Gasteiger partial charge < -0.3 is 10.4 Å². The lowest BCUT2D eigenvalue weighted by Crippen LogP contribution is -2.38. The molecule has 108 valence electrons. The van der Waals surface area contributed by atoms with E-state index in [0.717, 1.165) is 25.8 Å². The first-order chi connectivity index (χ1) is 8.57. The normalized spacial score (nSPS) is 12.9. The van der Waals surface area contributed by atoms with Crippen LogP contribution in [0.2, 0.25) is 0 Å². The van der Waals surface area contributed by atoms with E-state index in [2.05, 4.69) is 26.1 Å². The lowest BCUT2D eigenvalue weighted by Gasteiger charge is -2.15. The third-order valence-corrected chi connectivity index (χ3v) is 3.17. The minimum Gasteiger partial charge on any atom is -0.480 e. The van der Waals surface area contributed by atoms with E-state index in [1.165, 1.54) is 32.1 Å². The Bertz CT molecular complexity index is 205. The molecule has 18 heavy (non-hydrogen) atoms. The highest BCUT2D eigenvalue weighted by molar-refractivity contribution is 5.73. The van der Waals surface area contributed by atoms with Crippen LogP contribution in [0.1, 0.15) is 72.1 Å². The zero-order valence-corrected chi connectivity index (χ0v) is 12.4. The molecule has 0 rings (SSSR count). The number of unbranched alkanes of at least 4 members (excludes halogenated alkanes) is 6. The number of carboxylic acids is 1. The fourth-order valence-electron chi connectivity index (χ4n) is 2.00. The van der Waals surface area contributed by atoms with Gasteiger partial charge in [-0.25, -0.2) is 0 Å². The highest BCUT2D eigenvalue weighted by atomic mass is 16.4. The molecule has 0 aromatic heterocycles. The lowest BCUT2D eigenvalue weighted by molar-refractivity contribution is -0.139. The van der Waals surface area contributed by atoms with Gasteiger partial charge >= 0.3 is 5.97 Å². The summed E-state index contributed by atoms with van der Waals surface area (Å²) >= 11 is 0. The van der Waals surface area contributed by atoms with Crippen molar-refractivity contribution in [3.05, 3.63) is 0 Å². The van der Waals surface area contributed by atoms with Crippen LogP contribution in [0.3, 0.4) is 0 Å². The Kier molecular flexibility index (Phi) is 11.2. The Morgan fingerprint density at radius 3 is 2.11 bits per heavy atom. The molecule has 0 radical (unpaired) electrons. The molecule has 3 nitrogen and oxygen atoms in total. The molecule has 0 fully saturated rings. The van der Waals surface area contributed by atoms with E-state index < -0.39 is 5.97 Å². The van der Waals surface area contributed by atoms with Crippen LogP contribution in [0.25, 0.3) is 0 Å². The Labute approximate surface area is 112 Å². The zero-order valence-electron chi connectivity index (χ0n) is 12.4. The van der Waals surface area contributed by atoms with E-state index in [4.69, 9.17) is 5.11 Å². The number of nitrogens with one attached hydrogen (secondary N) is 1. The van der Waals surface area contributed by atoms with Crippen LogP contribution in [-0.2, 0) is 4.79 Å². The maximum atomic E-state index is 11.1. The summed E-state index contributed by atoms with van der Waals surface area (Å²) in [6, 6.07) is -0.358. The van der Waals surface area contributed by atoms with E-state index >= 15 is 0 Å². The molecule has 0 spiro atoms. The van der Waals surface area contributed by atoms with Gasteiger partial charge in [-0.1, -0.05) is 65.7 Å². The average molecular weight is 257 g/mol. The first-order valence-electron chi connectivity index (χ1n) is 7.54. The summed E-state index contributed by atoms with van der Waals surface area (Å²) in [7, 11) is 0. The Morgan fingerprint density at radius 2 is 1.61 bits per heavy atom. The van der Waals surface area contributed by atoms with Crippen LogP contribution < -0.4 is 5.32 Å². The first kappa shape index (κ1) is 17.4.